The summed E-state index contributed by atoms with van der Waals surface area (Å²) in [6.45, 7) is 3.42. The fourth-order valence-electron chi connectivity index (χ4n) is 2.14. The van der Waals surface area contributed by atoms with Gasteiger partial charge in [0.15, 0.2) is 5.75 Å². The maximum atomic E-state index is 5.06. The molecule has 0 atom stereocenters. The fraction of sp³-hybridized carbons (Fsp3) is 0.385. The number of piperazine rings is 1. The lowest BCUT2D eigenvalue weighted by Crippen LogP contribution is -2.47. The Kier molecular flexibility index (Phi) is 3.58. The lowest BCUT2D eigenvalue weighted by molar-refractivity contribution is 0.410. The van der Waals surface area contributed by atoms with Gasteiger partial charge in [0.25, 0.3) is 0 Å². The normalized spacial score (nSPS) is 15.2. The molecule has 2 aromatic rings. The first-order valence-electron chi connectivity index (χ1n) is 6.50. The van der Waals surface area contributed by atoms with Gasteiger partial charge in [0, 0.05) is 38.6 Å². The molecular formula is C13H16N6O. The smallest absolute Gasteiger partial charge is 0.225 e. The highest BCUT2D eigenvalue weighted by atomic mass is 16.5. The summed E-state index contributed by atoms with van der Waals surface area (Å²) in [4.78, 5) is 21.5. The summed E-state index contributed by atoms with van der Waals surface area (Å²) in [5.41, 5.74) is 0. The maximum Gasteiger partial charge on any atom is 0.225 e. The van der Waals surface area contributed by atoms with Crippen molar-refractivity contribution in [2.24, 2.45) is 0 Å². The first-order chi connectivity index (χ1) is 9.86. The van der Waals surface area contributed by atoms with Gasteiger partial charge in [-0.3, -0.25) is 0 Å². The number of ether oxygens (including phenoxy) is 1. The van der Waals surface area contributed by atoms with Gasteiger partial charge in [-0.2, -0.15) is 0 Å². The summed E-state index contributed by atoms with van der Waals surface area (Å²) in [5, 5.41) is 0. The zero-order valence-electron chi connectivity index (χ0n) is 11.3. The minimum absolute atomic E-state index is 0.671. The molecule has 7 nitrogen and oxygen atoms in total. The SMILES string of the molecule is COc1cnc(N2CCN(c3ncccn3)CC2)nc1. The highest BCUT2D eigenvalue weighted by Crippen LogP contribution is 2.15. The van der Waals surface area contributed by atoms with Crippen LogP contribution in [0.3, 0.4) is 0 Å². The molecule has 104 valence electrons. The quantitative estimate of drug-likeness (QED) is 0.810. The highest BCUT2D eigenvalue weighted by Gasteiger charge is 2.20. The van der Waals surface area contributed by atoms with E-state index in [2.05, 4.69) is 29.7 Å². The number of anilines is 2. The Morgan fingerprint density at radius 2 is 1.35 bits per heavy atom. The van der Waals surface area contributed by atoms with Crippen molar-refractivity contribution >= 4 is 11.9 Å². The van der Waals surface area contributed by atoms with Gasteiger partial charge in [0.2, 0.25) is 11.9 Å². The van der Waals surface area contributed by atoms with E-state index in [9.17, 15) is 0 Å². The van der Waals surface area contributed by atoms with Gasteiger partial charge >= 0.3 is 0 Å². The Balaban J connectivity index is 1.63. The van der Waals surface area contributed by atoms with E-state index in [4.69, 9.17) is 4.74 Å². The van der Waals surface area contributed by atoms with Crippen LogP contribution in [-0.4, -0.2) is 53.2 Å². The molecule has 0 radical (unpaired) electrons. The molecule has 3 rings (SSSR count). The number of rotatable bonds is 3. The van der Waals surface area contributed by atoms with Gasteiger partial charge in [-0.15, -0.1) is 0 Å². The standard InChI is InChI=1S/C13H16N6O/c1-20-11-9-16-13(17-10-11)19-7-5-18(6-8-19)12-14-3-2-4-15-12/h2-4,9-10H,5-8H2,1H3. The van der Waals surface area contributed by atoms with Crippen LogP contribution in [0.5, 0.6) is 5.75 Å². The molecule has 1 fully saturated rings. The van der Waals surface area contributed by atoms with Crippen LogP contribution in [0.2, 0.25) is 0 Å². The molecule has 0 amide bonds. The van der Waals surface area contributed by atoms with E-state index < -0.39 is 0 Å². The Hall–Kier alpha value is -2.44. The van der Waals surface area contributed by atoms with Crippen LogP contribution in [0.25, 0.3) is 0 Å². The second-order valence-electron chi connectivity index (χ2n) is 4.45. The van der Waals surface area contributed by atoms with Crippen LogP contribution in [0.4, 0.5) is 11.9 Å². The van der Waals surface area contributed by atoms with Crippen molar-refractivity contribution in [3.05, 3.63) is 30.9 Å². The van der Waals surface area contributed by atoms with Gasteiger partial charge in [-0.1, -0.05) is 0 Å². The highest BCUT2D eigenvalue weighted by molar-refractivity contribution is 5.37. The van der Waals surface area contributed by atoms with Crippen molar-refractivity contribution < 1.29 is 4.74 Å². The third kappa shape index (κ3) is 2.61. The van der Waals surface area contributed by atoms with Crippen molar-refractivity contribution in [2.75, 3.05) is 43.1 Å². The Labute approximate surface area is 117 Å². The first-order valence-corrected chi connectivity index (χ1v) is 6.50. The fourth-order valence-corrected chi connectivity index (χ4v) is 2.14. The topological polar surface area (TPSA) is 67.3 Å². The van der Waals surface area contributed by atoms with E-state index in [-0.39, 0.29) is 0 Å². The van der Waals surface area contributed by atoms with E-state index in [1.807, 2.05) is 6.07 Å². The molecule has 1 aliphatic heterocycles. The zero-order valence-corrected chi connectivity index (χ0v) is 11.3. The van der Waals surface area contributed by atoms with E-state index in [1.54, 1.807) is 31.9 Å². The maximum absolute atomic E-state index is 5.06. The van der Waals surface area contributed by atoms with Gasteiger partial charge < -0.3 is 14.5 Å². The number of methoxy groups -OCH3 is 1. The molecule has 0 saturated carbocycles. The van der Waals surface area contributed by atoms with Gasteiger partial charge in [-0.05, 0) is 6.07 Å². The molecule has 0 spiro atoms. The third-order valence-corrected chi connectivity index (χ3v) is 3.25. The van der Waals surface area contributed by atoms with Crippen LogP contribution in [0.1, 0.15) is 0 Å². The molecule has 20 heavy (non-hydrogen) atoms. The second-order valence-corrected chi connectivity index (χ2v) is 4.45. The number of aromatic nitrogens is 4. The van der Waals surface area contributed by atoms with E-state index in [0.29, 0.717) is 5.75 Å². The summed E-state index contributed by atoms with van der Waals surface area (Å²) in [6.07, 6.45) is 6.91. The van der Waals surface area contributed by atoms with E-state index >= 15 is 0 Å². The monoisotopic (exact) mass is 272 g/mol. The van der Waals surface area contributed by atoms with Crippen LogP contribution < -0.4 is 14.5 Å². The summed E-state index contributed by atoms with van der Waals surface area (Å²) in [7, 11) is 1.61. The predicted octanol–water partition coefficient (Wildman–Crippen LogP) is 0.602. The first kappa shape index (κ1) is 12.6. The predicted molar refractivity (Wildman–Crippen MR) is 75.0 cm³/mol. The second kappa shape index (κ2) is 5.68. The van der Waals surface area contributed by atoms with Gasteiger partial charge in [-0.25, -0.2) is 19.9 Å². The average Bonchev–Trinajstić information content (AvgIpc) is 2.56. The summed E-state index contributed by atoms with van der Waals surface area (Å²) >= 11 is 0. The van der Waals surface area contributed by atoms with E-state index in [1.165, 1.54) is 0 Å². The molecule has 0 aromatic carbocycles. The van der Waals surface area contributed by atoms with Crippen LogP contribution >= 0.6 is 0 Å². The van der Waals surface area contributed by atoms with Crippen molar-refractivity contribution in [1.29, 1.82) is 0 Å². The molecule has 1 aliphatic rings. The van der Waals surface area contributed by atoms with Gasteiger partial charge in [0.1, 0.15) is 0 Å². The number of nitrogens with zero attached hydrogens (tertiary/aromatic N) is 6. The summed E-state index contributed by atoms with van der Waals surface area (Å²) < 4.78 is 5.06. The minimum Gasteiger partial charge on any atom is -0.494 e. The lowest BCUT2D eigenvalue weighted by Gasteiger charge is -2.34. The van der Waals surface area contributed by atoms with E-state index in [0.717, 1.165) is 38.1 Å². The largest absolute Gasteiger partial charge is 0.494 e. The summed E-state index contributed by atoms with van der Waals surface area (Å²) in [6, 6.07) is 1.82. The molecule has 2 aromatic heterocycles. The Morgan fingerprint density at radius 3 is 1.85 bits per heavy atom. The van der Waals surface area contributed by atoms with Crippen LogP contribution in [0.15, 0.2) is 30.9 Å². The van der Waals surface area contributed by atoms with Crippen molar-refractivity contribution in [1.82, 2.24) is 19.9 Å². The molecule has 3 heterocycles. The number of hydrogen-bond acceptors (Lipinski definition) is 7. The van der Waals surface area contributed by atoms with Crippen molar-refractivity contribution in [3.63, 3.8) is 0 Å². The molecular weight excluding hydrogens is 256 g/mol. The lowest BCUT2D eigenvalue weighted by atomic mass is 10.3. The van der Waals surface area contributed by atoms with Crippen LogP contribution in [0, 0.1) is 0 Å². The van der Waals surface area contributed by atoms with Crippen LogP contribution in [-0.2, 0) is 0 Å². The average molecular weight is 272 g/mol. The molecule has 0 N–H and O–H groups in total. The Bertz CT molecular complexity index is 539. The zero-order chi connectivity index (χ0) is 13.8. The molecule has 7 heteroatoms. The molecule has 0 aliphatic carbocycles. The molecule has 0 bridgehead atoms. The Morgan fingerprint density at radius 1 is 0.850 bits per heavy atom. The van der Waals surface area contributed by atoms with Crippen molar-refractivity contribution in [3.8, 4) is 5.75 Å². The number of hydrogen-bond donors (Lipinski definition) is 0. The third-order valence-electron chi connectivity index (χ3n) is 3.25. The molecule has 1 saturated heterocycles. The van der Waals surface area contributed by atoms with Crippen molar-refractivity contribution in [2.45, 2.75) is 0 Å². The molecule has 0 unspecified atom stereocenters. The van der Waals surface area contributed by atoms with Gasteiger partial charge in [0.05, 0.1) is 19.5 Å². The summed E-state index contributed by atoms with van der Waals surface area (Å²) in [5.74, 6) is 2.19. The minimum atomic E-state index is 0.671.